The number of nitrogens with zero attached hydrogens (tertiary/aromatic N) is 1. The summed E-state index contributed by atoms with van der Waals surface area (Å²) in [7, 11) is 1.65. The van der Waals surface area contributed by atoms with E-state index >= 15 is 0 Å². The molecule has 0 aliphatic carbocycles. The molecule has 0 saturated carbocycles. The van der Waals surface area contributed by atoms with Crippen LogP contribution in [0.3, 0.4) is 0 Å². The Labute approximate surface area is 200 Å². The zero-order valence-corrected chi connectivity index (χ0v) is 19.7. The topological polar surface area (TPSA) is 118 Å². The van der Waals surface area contributed by atoms with Gasteiger partial charge in [-0.25, -0.2) is 0 Å². The number of nitrogens with one attached hydrogen (secondary N) is 3. The summed E-state index contributed by atoms with van der Waals surface area (Å²) in [5, 5.41) is 10.2. The van der Waals surface area contributed by atoms with E-state index in [0.717, 1.165) is 40.7 Å². The molecule has 1 unspecified atom stereocenters. The number of methoxy groups -OCH3 is 1. The maximum atomic E-state index is 12.7. The zero-order chi connectivity index (χ0) is 24.3. The van der Waals surface area contributed by atoms with Crippen LogP contribution in [-0.4, -0.2) is 49.1 Å². The standard InChI is InChI=1S/C26H33N5O3/c1-18(30-22-16-21(34-2)15-20-11-7-12-28-25(20)22)8-6-13-29-26(33)23(31-24(32)17-27)14-19-9-4-3-5-10-19/h3-5,7,9-12,15-16,18,23,30H,6,8,13-14,17,27H2,1-2H3,(H,29,33)(H,31,32)/t18?,23-/m0/s1. The number of ether oxygens (including phenoxy) is 1. The van der Waals surface area contributed by atoms with Crippen molar-refractivity contribution in [2.75, 3.05) is 25.5 Å². The molecule has 0 aliphatic rings. The minimum Gasteiger partial charge on any atom is -0.497 e. The Morgan fingerprint density at radius 3 is 2.65 bits per heavy atom. The number of carbonyl (C=O) groups excluding carboxylic acids is 2. The van der Waals surface area contributed by atoms with Gasteiger partial charge in [0.05, 0.1) is 24.9 Å². The van der Waals surface area contributed by atoms with Crippen LogP contribution in [0, 0.1) is 0 Å². The van der Waals surface area contributed by atoms with Crippen molar-refractivity contribution in [3.63, 3.8) is 0 Å². The Bertz CT molecular complexity index is 1090. The van der Waals surface area contributed by atoms with Gasteiger partial charge in [-0.1, -0.05) is 36.4 Å². The average molecular weight is 464 g/mol. The number of aromatic nitrogens is 1. The van der Waals surface area contributed by atoms with Crippen LogP contribution in [0.5, 0.6) is 5.75 Å². The predicted octanol–water partition coefficient (Wildman–Crippen LogP) is 2.63. The molecule has 8 nitrogen and oxygen atoms in total. The van der Waals surface area contributed by atoms with Crippen LogP contribution in [0.4, 0.5) is 5.69 Å². The summed E-state index contributed by atoms with van der Waals surface area (Å²) in [5.41, 5.74) is 8.20. The molecule has 1 aromatic heterocycles. The van der Waals surface area contributed by atoms with E-state index in [1.165, 1.54) is 0 Å². The maximum absolute atomic E-state index is 12.7. The van der Waals surface area contributed by atoms with Crippen molar-refractivity contribution in [1.29, 1.82) is 0 Å². The molecule has 2 amide bonds. The lowest BCUT2D eigenvalue weighted by Gasteiger charge is -2.20. The molecule has 0 radical (unpaired) electrons. The minimum absolute atomic E-state index is 0.157. The number of fused-ring (bicyclic) bond motifs is 1. The Hall–Kier alpha value is -3.65. The summed E-state index contributed by atoms with van der Waals surface area (Å²) >= 11 is 0. The van der Waals surface area contributed by atoms with Crippen molar-refractivity contribution in [3.05, 3.63) is 66.4 Å². The molecule has 3 aromatic rings. The van der Waals surface area contributed by atoms with Crippen LogP contribution in [0.15, 0.2) is 60.8 Å². The molecule has 8 heteroatoms. The second-order valence-electron chi connectivity index (χ2n) is 8.24. The molecular formula is C26H33N5O3. The molecule has 2 aromatic carbocycles. The van der Waals surface area contributed by atoms with E-state index in [4.69, 9.17) is 10.5 Å². The van der Waals surface area contributed by atoms with E-state index in [2.05, 4.69) is 27.9 Å². The van der Waals surface area contributed by atoms with Gasteiger partial charge in [-0.2, -0.15) is 0 Å². The van der Waals surface area contributed by atoms with Crippen molar-refractivity contribution in [2.45, 2.75) is 38.3 Å². The molecule has 34 heavy (non-hydrogen) atoms. The summed E-state index contributed by atoms with van der Waals surface area (Å²) < 4.78 is 5.42. The molecule has 0 aliphatic heterocycles. The first-order chi connectivity index (χ1) is 16.5. The summed E-state index contributed by atoms with van der Waals surface area (Å²) in [5.74, 6) is 0.203. The Kier molecular flexibility index (Phi) is 9.22. The van der Waals surface area contributed by atoms with Crippen molar-refractivity contribution in [3.8, 4) is 5.75 Å². The molecule has 0 bridgehead atoms. The first kappa shape index (κ1) is 25.0. The third-order valence-corrected chi connectivity index (χ3v) is 5.55. The molecule has 0 fully saturated rings. The number of anilines is 1. The lowest BCUT2D eigenvalue weighted by molar-refractivity contribution is -0.128. The van der Waals surface area contributed by atoms with E-state index in [9.17, 15) is 9.59 Å². The summed E-state index contributed by atoms with van der Waals surface area (Å²) in [6.45, 7) is 2.44. The predicted molar refractivity (Wildman–Crippen MR) is 135 cm³/mol. The van der Waals surface area contributed by atoms with Gasteiger partial charge in [-0.3, -0.25) is 14.6 Å². The van der Waals surface area contributed by atoms with Crippen molar-refractivity contribution >= 4 is 28.4 Å². The Morgan fingerprint density at radius 2 is 1.91 bits per heavy atom. The number of hydrogen-bond donors (Lipinski definition) is 4. The molecule has 180 valence electrons. The highest BCUT2D eigenvalue weighted by atomic mass is 16.5. The fraction of sp³-hybridized carbons (Fsp3) is 0.346. The van der Waals surface area contributed by atoms with E-state index in [-0.39, 0.29) is 24.4 Å². The van der Waals surface area contributed by atoms with Crippen LogP contribution in [0.1, 0.15) is 25.3 Å². The monoisotopic (exact) mass is 463 g/mol. The number of rotatable bonds is 12. The first-order valence-electron chi connectivity index (χ1n) is 11.5. The van der Waals surface area contributed by atoms with Gasteiger partial charge < -0.3 is 26.4 Å². The Morgan fingerprint density at radius 1 is 1.12 bits per heavy atom. The fourth-order valence-corrected chi connectivity index (χ4v) is 3.79. The average Bonchev–Trinajstić information content (AvgIpc) is 2.86. The number of hydrogen-bond acceptors (Lipinski definition) is 6. The molecule has 3 rings (SSSR count). The first-order valence-corrected chi connectivity index (χ1v) is 11.5. The SMILES string of the molecule is COc1cc(NC(C)CCCNC(=O)[C@H](Cc2ccccc2)NC(=O)CN)c2ncccc2c1. The molecule has 0 saturated heterocycles. The van der Waals surface area contributed by atoms with Crippen LogP contribution < -0.4 is 26.4 Å². The largest absolute Gasteiger partial charge is 0.497 e. The van der Waals surface area contributed by atoms with Gasteiger partial charge in [-0.15, -0.1) is 0 Å². The molecule has 2 atom stereocenters. The van der Waals surface area contributed by atoms with Crippen LogP contribution in [-0.2, 0) is 16.0 Å². The lowest BCUT2D eigenvalue weighted by Crippen LogP contribution is -2.49. The fourth-order valence-electron chi connectivity index (χ4n) is 3.79. The second-order valence-corrected chi connectivity index (χ2v) is 8.24. The molecular weight excluding hydrogens is 430 g/mol. The number of amides is 2. The van der Waals surface area contributed by atoms with Crippen molar-refractivity contribution in [1.82, 2.24) is 15.6 Å². The van der Waals surface area contributed by atoms with Crippen molar-refractivity contribution in [2.24, 2.45) is 5.73 Å². The molecule has 0 spiro atoms. The van der Waals surface area contributed by atoms with Crippen molar-refractivity contribution < 1.29 is 14.3 Å². The smallest absolute Gasteiger partial charge is 0.242 e. The number of benzene rings is 2. The summed E-state index contributed by atoms with van der Waals surface area (Å²) in [4.78, 5) is 29.1. The summed E-state index contributed by atoms with van der Waals surface area (Å²) in [6, 6.07) is 16.9. The number of nitrogens with two attached hydrogens (primary N) is 1. The van der Waals surface area contributed by atoms with Gasteiger partial charge in [0.2, 0.25) is 11.8 Å². The lowest BCUT2D eigenvalue weighted by atomic mass is 10.0. The normalized spacial score (nSPS) is 12.6. The third kappa shape index (κ3) is 7.18. The number of pyridine rings is 1. The van der Waals surface area contributed by atoms with E-state index in [0.29, 0.717) is 13.0 Å². The molecule has 1 heterocycles. The van der Waals surface area contributed by atoms with Gasteiger partial charge in [0.25, 0.3) is 0 Å². The van der Waals surface area contributed by atoms with E-state index in [1.54, 1.807) is 13.3 Å². The maximum Gasteiger partial charge on any atom is 0.242 e. The highest BCUT2D eigenvalue weighted by molar-refractivity contribution is 5.92. The Balaban J connectivity index is 1.52. The molecule has 5 N–H and O–H groups in total. The second kappa shape index (κ2) is 12.6. The highest BCUT2D eigenvalue weighted by Gasteiger charge is 2.20. The van der Waals surface area contributed by atoms with Gasteiger partial charge >= 0.3 is 0 Å². The van der Waals surface area contributed by atoms with Gasteiger partial charge in [0.1, 0.15) is 11.8 Å². The van der Waals surface area contributed by atoms with Gasteiger partial charge in [0, 0.05) is 36.7 Å². The number of carbonyl (C=O) groups is 2. The van der Waals surface area contributed by atoms with E-state index < -0.39 is 6.04 Å². The zero-order valence-electron chi connectivity index (χ0n) is 19.7. The third-order valence-electron chi connectivity index (χ3n) is 5.55. The van der Waals surface area contributed by atoms with E-state index in [1.807, 2.05) is 54.6 Å². The van der Waals surface area contributed by atoms with Crippen LogP contribution in [0.2, 0.25) is 0 Å². The quantitative estimate of drug-likeness (QED) is 0.307. The van der Waals surface area contributed by atoms with Crippen LogP contribution >= 0.6 is 0 Å². The van der Waals surface area contributed by atoms with Crippen LogP contribution in [0.25, 0.3) is 10.9 Å². The van der Waals surface area contributed by atoms with Gasteiger partial charge in [0.15, 0.2) is 0 Å². The highest BCUT2D eigenvalue weighted by Crippen LogP contribution is 2.28. The van der Waals surface area contributed by atoms with Gasteiger partial charge in [-0.05, 0) is 37.5 Å². The summed E-state index contributed by atoms with van der Waals surface area (Å²) in [6.07, 6.45) is 3.80. The minimum atomic E-state index is -0.664.